The van der Waals surface area contributed by atoms with Crippen LogP contribution in [0.15, 0.2) is 18.3 Å². The molecule has 0 amide bonds. The van der Waals surface area contributed by atoms with Crippen LogP contribution in [0.5, 0.6) is 0 Å². The average Bonchev–Trinajstić information content (AvgIpc) is 3.07. The van der Waals surface area contributed by atoms with Crippen molar-refractivity contribution in [2.24, 2.45) is 0 Å². The molecule has 1 atom stereocenters. The third-order valence-electron chi connectivity index (χ3n) is 4.99. The summed E-state index contributed by atoms with van der Waals surface area (Å²) in [5, 5.41) is 0. The van der Waals surface area contributed by atoms with E-state index in [1.807, 2.05) is 6.20 Å². The van der Waals surface area contributed by atoms with Gasteiger partial charge in [-0.3, -0.25) is 4.90 Å². The molecule has 0 unspecified atom stereocenters. The number of piperidine rings is 1. The predicted octanol–water partition coefficient (Wildman–Crippen LogP) is 4.01. The second kappa shape index (κ2) is 7.26. The van der Waals surface area contributed by atoms with Crippen molar-refractivity contribution in [3.63, 3.8) is 0 Å². The van der Waals surface area contributed by atoms with E-state index in [1.165, 1.54) is 82.5 Å². The Hall–Kier alpha value is -1.09. The van der Waals surface area contributed by atoms with Gasteiger partial charge in [0.2, 0.25) is 0 Å². The number of anilines is 1. The molecule has 1 aromatic rings. The molecule has 0 saturated carbocycles. The number of likely N-dealkylation sites (tertiary alicyclic amines) is 1. The third-order valence-corrected chi connectivity index (χ3v) is 4.99. The first-order chi connectivity index (χ1) is 10.4. The highest BCUT2D eigenvalue weighted by Crippen LogP contribution is 2.36. The molecule has 3 heteroatoms. The first-order valence-corrected chi connectivity index (χ1v) is 8.84. The summed E-state index contributed by atoms with van der Waals surface area (Å²) in [5.74, 6) is 1.27. The fourth-order valence-electron chi connectivity index (χ4n) is 3.83. The van der Waals surface area contributed by atoms with Crippen LogP contribution in [0, 0.1) is 0 Å². The number of rotatable bonds is 5. The highest BCUT2D eigenvalue weighted by Gasteiger charge is 2.28. The monoisotopic (exact) mass is 287 g/mol. The molecule has 116 valence electrons. The topological polar surface area (TPSA) is 19.4 Å². The van der Waals surface area contributed by atoms with Gasteiger partial charge in [0.1, 0.15) is 5.82 Å². The largest absolute Gasteiger partial charge is 0.356 e. The maximum Gasteiger partial charge on any atom is 0.133 e. The lowest BCUT2D eigenvalue weighted by Crippen LogP contribution is -2.35. The molecule has 0 bridgehead atoms. The van der Waals surface area contributed by atoms with E-state index in [4.69, 9.17) is 4.98 Å². The molecule has 2 fully saturated rings. The number of pyridine rings is 1. The Kier molecular flexibility index (Phi) is 5.13. The number of unbranched alkanes of at least 4 members (excludes halogenated alkanes) is 1. The van der Waals surface area contributed by atoms with Gasteiger partial charge in [-0.15, -0.1) is 0 Å². The molecule has 0 N–H and O–H groups in total. The molecule has 3 nitrogen and oxygen atoms in total. The number of hydrogen-bond acceptors (Lipinski definition) is 3. The highest BCUT2D eigenvalue weighted by molar-refractivity contribution is 5.49. The van der Waals surface area contributed by atoms with Crippen LogP contribution in [0.25, 0.3) is 0 Å². The standard InChI is InChI=1S/C18H29N3/c1-2-3-12-20-13-5-4-10-17(20)16-9-8-11-19-18(16)21-14-6-7-15-21/h8-9,11,17H,2-7,10,12-15H2,1H3/t17-/m0/s1. The molecule has 2 saturated heterocycles. The van der Waals surface area contributed by atoms with Crippen LogP contribution in [0.2, 0.25) is 0 Å². The fourth-order valence-corrected chi connectivity index (χ4v) is 3.83. The Morgan fingerprint density at radius 3 is 2.76 bits per heavy atom. The van der Waals surface area contributed by atoms with Crippen molar-refractivity contribution in [3.05, 3.63) is 23.9 Å². The Morgan fingerprint density at radius 1 is 1.14 bits per heavy atom. The Bertz CT molecular complexity index is 440. The minimum atomic E-state index is 0.592. The lowest BCUT2D eigenvalue weighted by Gasteiger charge is -2.37. The SMILES string of the molecule is CCCCN1CCCC[C@H]1c1cccnc1N1CCCC1. The molecule has 0 radical (unpaired) electrons. The van der Waals surface area contributed by atoms with Crippen molar-refractivity contribution >= 4 is 5.82 Å². The van der Waals surface area contributed by atoms with E-state index in [2.05, 4.69) is 28.9 Å². The Morgan fingerprint density at radius 2 is 1.95 bits per heavy atom. The van der Waals surface area contributed by atoms with Gasteiger partial charge in [0.15, 0.2) is 0 Å². The lowest BCUT2D eigenvalue weighted by atomic mass is 9.95. The zero-order chi connectivity index (χ0) is 14.5. The summed E-state index contributed by atoms with van der Waals surface area (Å²) in [6.45, 7) is 7.17. The van der Waals surface area contributed by atoms with Crippen LogP contribution >= 0.6 is 0 Å². The summed E-state index contributed by atoms with van der Waals surface area (Å²) < 4.78 is 0. The Labute approximate surface area is 129 Å². The van der Waals surface area contributed by atoms with Crippen molar-refractivity contribution in [1.29, 1.82) is 0 Å². The minimum Gasteiger partial charge on any atom is -0.356 e. The van der Waals surface area contributed by atoms with Crippen molar-refractivity contribution in [2.75, 3.05) is 31.1 Å². The van der Waals surface area contributed by atoms with Crippen LogP contribution in [-0.2, 0) is 0 Å². The van der Waals surface area contributed by atoms with Crippen molar-refractivity contribution < 1.29 is 0 Å². The molecule has 2 aliphatic heterocycles. The Balaban J connectivity index is 1.83. The lowest BCUT2D eigenvalue weighted by molar-refractivity contribution is 0.146. The first kappa shape index (κ1) is 14.8. The van der Waals surface area contributed by atoms with Crippen LogP contribution in [0.1, 0.15) is 63.5 Å². The summed E-state index contributed by atoms with van der Waals surface area (Å²) in [7, 11) is 0. The van der Waals surface area contributed by atoms with E-state index in [0.717, 1.165) is 0 Å². The predicted molar refractivity (Wildman–Crippen MR) is 88.8 cm³/mol. The van der Waals surface area contributed by atoms with Crippen molar-refractivity contribution in [1.82, 2.24) is 9.88 Å². The van der Waals surface area contributed by atoms with Gasteiger partial charge in [-0.25, -0.2) is 4.98 Å². The number of hydrogen-bond donors (Lipinski definition) is 0. The highest BCUT2D eigenvalue weighted by atomic mass is 15.2. The minimum absolute atomic E-state index is 0.592. The van der Waals surface area contributed by atoms with E-state index in [-0.39, 0.29) is 0 Å². The molecule has 3 rings (SSSR count). The first-order valence-electron chi connectivity index (χ1n) is 8.84. The molecule has 0 aromatic carbocycles. The molecule has 3 heterocycles. The van der Waals surface area contributed by atoms with E-state index in [1.54, 1.807) is 0 Å². The van der Waals surface area contributed by atoms with Gasteiger partial charge in [-0.2, -0.15) is 0 Å². The molecule has 2 aliphatic rings. The zero-order valence-electron chi connectivity index (χ0n) is 13.4. The van der Waals surface area contributed by atoms with Gasteiger partial charge >= 0.3 is 0 Å². The van der Waals surface area contributed by atoms with Gasteiger partial charge in [0.05, 0.1) is 0 Å². The summed E-state index contributed by atoms with van der Waals surface area (Å²) in [5.41, 5.74) is 1.48. The summed E-state index contributed by atoms with van der Waals surface area (Å²) in [4.78, 5) is 9.96. The molecule has 1 aromatic heterocycles. The van der Waals surface area contributed by atoms with E-state index in [0.29, 0.717) is 6.04 Å². The van der Waals surface area contributed by atoms with Crippen LogP contribution in [0.3, 0.4) is 0 Å². The summed E-state index contributed by atoms with van der Waals surface area (Å²) in [6.07, 6.45) is 11.2. The fraction of sp³-hybridized carbons (Fsp3) is 0.722. The quantitative estimate of drug-likeness (QED) is 0.815. The molecule has 0 spiro atoms. The van der Waals surface area contributed by atoms with E-state index >= 15 is 0 Å². The van der Waals surface area contributed by atoms with Gasteiger partial charge < -0.3 is 4.90 Å². The van der Waals surface area contributed by atoms with Gasteiger partial charge in [-0.1, -0.05) is 25.8 Å². The van der Waals surface area contributed by atoms with Crippen LogP contribution in [-0.4, -0.2) is 36.1 Å². The normalized spacial score (nSPS) is 23.7. The van der Waals surface area contributed by atoms with Gasteiger partial charge in [0, 0.05) is 30.9 Å². The number of nitrogens with zero attached hydrogens (tertiary/aromatic N) is 3. The smallest absolute Gasteiger partial charge is 0.133 e. The third kappa shape index (κ3) is 3.39. The second-order valence-electron chi connectivity index (χ2n) is 6.51. The van der Waals surface area contributed by atoms with Gasteiger partial charge in [0.25, 0.3) is 0 Å². The second-order valence-corrected chi connectivity index (χ2v) is 6.51. The summed E-state index contributed by atoms with van der Waals surface area (Å²) >= 11 is 0. The molecular formula is C18H29N3. The van der Waals surface area contributed by atoms with Crippen molar-refractivity contribution in [2.45, 2.75) is 57.9 Å². The van der Waals surface area contributed by atoms with Crippen LogP contribution in [0.4, 0.5) is 5.82 Å². The molecular weight excluding hydrogens is 258 g/mol. The number of aromatic nitrogens is 1. The molecule has 0 aliphatic carbocycles. The van der Waals surface area contributed by atoms with E-state index in [9.17, 15) is 0 Å². The maximum atomic E-state index is 4.75. The van der Waals surface area contributed by atoms with Gasteiger partial charge in [-0.05, 0) is 51.3 Å². The van der Waals surface area contributed by atoms with Crippen molar-refractivity contribution in [3.8, 4) is 0 Å². The average molecular weight is 287 g/mol. The maximum absolute atomic E-state index is 4.75. The molecule has 21 heavy (non-hydrogen) atoms. The van der Waals surface area contributed by atoms with E-state index < -0.39 is 0 Å². The summed E-state index contributed by atoms with van der Waals surface area (Å²) in [6, 6.07) is 5.05. The zero-order valence-corrected chi connectivity index (χ0v) is 13.4. The van der Waals surface area contributed by atoms with Crippen LogP contribution < -0.4 is 4.90 Å².